The first-order valence-corrected chi connectivity index (χ1v) is 8.08. The average molecular weight is 264 g/mol. The number of halogens is 1. The van der Waals surface area contributed by atoms with Crippen molar-refractivity contribution in [1.82, 2.24) is 0 Å². The number of hydrogen-bond donors (Lipinski definition) is 1. The molecule has 3 unspecified atom stereocenters. The maximum Gasteiger partial charge on any atom is 0.101 e. The zero-order chi connectivity index (χ0) is 13.1. The van der Waals surface area contributed by atoms with Gasteiger partial charge in [-0.1, -0.05) is 46.5 Å². The van der Waals surface area contributed by atoms with Crippen molar-refractivity contribution in [2.75, 3.05) is 5.75 Å². The average Bonchev–Trinajstić information content (AvgIpc) is 2.31. The van der Waals surface area contributed by atoms with Crippen molar-refractivity contribution in [3.63, 3.8) is 0 Å². The number of alkyl halides is 1. The summed E-state index contributed by atoms with van der Waals surface area (Å²) in [4.78, 5) is 0. The Labute approximate surface area is 111 Å². The largest absolute Gasteiger partial charge is 0.392 e. The first-order chi connectivity index (χ1) is 8.10. The molecule has 0 aliphatic rings. The fourth-order valence-electron chi connectivity index (χ4n) is 1.77. The third-order valence-electron chi connectivity index (χ3n) is 2.92. The van der Waals surface area contributed by atoms with E-state index in [9.17, 15) is 9.50 Å². The second-order valence-electron chi connectivity index (χ2n) is 4.92. The fraction of sp³-hybridized carbons (Fsp3) is 1.00. The van der Waals surface area contributed by atoms with E-state index in [-0.39, 0.29) is 6.10 Å². The van der Waals surface area contributed by atoms with E-state index in [1.165, 1.54) is 0 Å². The molecule has 0 fully saturated rings. The molecule has 0 heterocycles. The van der Waals surface area contributed by atoms with Crippen molar-refractivity contribution >= 4 is 11.8 Å². The molecule has 17 heavy (non-hydrogen) atoms. The van der Waals surface area contributed by atoms with Gasteiger partial charge in [-0.15, -0.1) is 0 Å². The fourth-order valence-corrected chi connectivity index (χ4v) is 2.83. The highest BCUT2D eigenvalue weighted by atomic mass is 32.2. The normalized spacial score (nSPS) is 16.8. The Kier molecular flexibility index (Phi) is 11.5. The quantitative estimate of drug-likeness (QED) is 0.589. The third kappa shape index (κ3) is 11.1. The summed E-state index contributed by atoms with van der Waals surface area (Å²) >= 11 is 1.71. The molecule has 0 amide bonds. The van der Waals surface area contributed by atoms with Crippen molar-refractivity contribution < 1.29 is 9.50 Å². The molecule has 3 atom stereocenters. The van der Waals surface area contributed by atoms with E-state index in [1.807, 2.05) is 0 Å². The van der Waals surface area contributed by atoms with Gasteiger partial charge in [0.25, 0.3) is 0 Å². The van der Waals surface area contributed by atoms with E-state index >= 15 is 0 Å². The van der Waals surface area contributed by atoms with E-state index in [0.29, 0.717) is 18.1 Å². The van der Waals surface area contributed by atoms with Crippen LogP contribution in [0.15, 0.2) is 0 Å². The summed E-state index contributed by atoms with van der Waals surface area (Å²) < 4.78 is 13.5. The Hall–Kier alpha value is 0.240. The van der Waals surface area contributed by atoms with Crippen molar-refractivity contribution in [3.05, 3.63) is 0 Å². The molecule has 0 aromatic heterocycles. The van der Waals surface area contributed by atoms with Crippen molar-refractivity contribution in [2.24, 2.45) is 0 Å². The number of unbranched alkanes of at least 4 members (excludes halogenated alkanes) is 2. The highest BCUT2D eigenvalue weighted by Crippen LogP contribution is 2.21. The van der Waals surface area contributed by atoms with Crippen LogP contribution in [0.1, 0.15) is 65.7 Å². The summed E-state index contributed by atoms with van der Waals surface area (Å²) in [6.07, 6.45) is 5.59. The molecule has 0 saturated carbocycles. The lowest BCUT2D eigenvalue weighted by atomic mass is 10.1. The Bertz CT molecular complexity index is 166. The molecule has 0 aliphatic heterocycles. The van der Waals surface area contributed by atoms with Crippen LogP contribution in [-0.4, -0.2) is 28.4 Å². The van der Waals surface area contributed by atoms with Gasteiger partial charge in [0.2, 0.25) is 0 Å². The smallest absolute Gasteiger partial charge is 0.101 e. The summed E-state index contributed by atoms with van der Waals surface area (Å²) in [5.74, 6) is 0.752. The topological polar surface area (TPSA) is 20.2 Å². The first kappa shape index (κ1) is 17.2. The molecule has 0 saturated heterocycles. The van der Waals surface area contributed by atoms with Gasteiger partial charge in [-0.3, -0.25) is 0 Å². The molecule has 0 aromatic carbocycles. The van der Waals surface area contributed by atoms with Crippen molar-refractivity contribution in [1.29, 1.82) is 0 Å². The van der Waals surface area contributed by atoms with Gasteiger partial charge in [0.05, 0.1) is 6.10 Å². The number of aliphatic hydroxyl groups excluding tert-OH is 1. The molecule has 0 bridgehead atoms. The maximum atomic E-state index is 13.5. The van der Waals surface area contributed by atoms with Crippen LogP contribution in [0.2, 0.25) is 0 Å². The summed E-state index contributed by atoms with van der Waals surface area (Å²) in [7, 11) is 0. The third-order valence-corrected chi connectivity index (χ3v) is 4.26. The van der Waals surface area contributed by atoms with Crippen LogP contribution < -0.4 is 0 Å². The van der Waals surface area contributed by atoms with E-state index in [2.05, 4.69) is 20.8 Å². The van der Waals surface area contributed by atoms with Crippen molar-refractivity contribution in [3.8, 4) is 0 Å². The standard InChI is InChI=1S/C14H29FOS/c1-4-6-8-13(15)10-12(3)17-11-14(16)9-7-5-2/h12-14,16H,4-11H2,1-3H3. The predicted molar refractivity (Wildman–Crippen MR) is 76.5 cm³/mol. The van der Waals surface area contributed by atoms with Crippen LogP contribution in [0.5, 0.6) is 0 Å². The van der Waals surface area contributed by atoms with Crippen LogP contribution in [-0.2, 0) is 0 Å². The molecule has 0 radical (unpaired) electrons. The lowest BCUT2D eigenvalue weighted by Gasteiger charge is -2.16. The molecule has 0 aliphatic carbocycles. The Balaban J connectivity index is 3.53. The van der Waals surface area contributed by atoms with Gasteiger partial charge in [-0.2, -0.15) is 11.8 Å². The lowest BCUT2D eigenvalue weighted by Crippen LogP contribution is -2.14. The summed E-state index contributed by atoms with van der Waals surface area (Å²) in [6, 6.07) is 0. The molecule has 1 N–H and O–H groups in total. The zero-order valence-corrected chi connectivity index (χ0v) is 12.4. The van der Waals surface area contributed by atoms with Gasteiger partial charge in [-0.25, -0.2) is 4.39 Å². The van der Waals surface area contributed by atoms with Gasteiger partial charge in [0.1, 0.15) is 6.17 Å². The summed E-state index contributed by atoms with van der Waals surface area (Å²) in [5, 5.41) is 10.0. The van der Waals surface area contributed by atoms with Gasteiger partial charge >= 0.3 is 0 Å². The number of rotatable bonds is 11. The van der Waals surface area contributed by atoms with Crippen LogP contribution >= 0.6 is 11.8 Å². The van der Waals surface area contributed by atoms with Gasteiger partial charge in [0, 0.05) is 11.0 Å². The molecule has 104 valence electrons. The minimum atomic E-state index is -0.662. The van der Waals surface area contributed by atoms with Crippen LogP contribution in [0.25, 0.3) is 0 Å². The zero-order valence-electron chi connectivity index (χ0n) is 11.6. The minimum absolute atomic E-state index is 0.212. The Morgan fingerprint density at radius 1 is 1.12 bits per heavy atom. The summed E-state index contributed by atoms with van der Waals surface area (Å²) in [5.41, 5.74) is 0. The maximum absolute atomic E-state index is 13.5. The second kappa shape index (κ2) is 11.3. The Morgan fingerprint density at radius 2 is 1.71 bits per heavy atom. The van der Waals surface area contributed by atoms with E-state index in [0.717, 1.165) is 37.9 Å². The number of thioether (sulfide) groups is 1. The molecule has 0 rings (SSSR count). The van der Waals surface area contributed by atoms with Crippen LogP contribution in [0, 0.1) is 0 Å². The summed E-state index contributed by atoms with van der Waals surface area (Å²) in [6.45, 7) is 6.29. The Morgan fingerprint density at radius 3 is 2.29 bits per heavy atom. The van der Waals surface area contributed by atoms with Gasteiger partial charge < -0.3 is 5.11 Å². The first-order valence-electron chi connectivity index (χ1n) is 7.03. The highest BCUT2D eigenvalue weighted by Gasteiger charge is 2.13. The minimum Gasteiger partial charge on any atom is -0.392 e. The van der Waals surface area contributed by atoms with Gasteiger partial charge in [-0.05, 0) is 19.3 Å². The van der Waals surface area contributed by atoms with Crippen LogP contribution in [0.4, 0.5) is 4.39 Å². The van der Waals surface area contributed by atoms with Crippen molar-refractivity contribution in [2.45, 2.75) is 83.2 Å². The number of hydrogen-bond acceptors (Lipinski definition) is 2. The molecule has 0 aromatic rings. The molecular weight excluding hydrogens is 235 g/mol. The monoisotopic (exact) mass is 264 g/mol. The van der Waals surface area contributed by atoms with E-state index in [1.54, 1.807) is 11.8 Å². The van der Waals surface area contributed by atoms with E-state index in [4.69, 9.17) is 0 Å². The molecular formula is C14H29FOS. The number of aliphatic hydroxyl groups is 1. The van der Waals surface area contributed by atoms with Gasteiger partial charge in [0.15, 0.2) is 0 Å². The molecule has 1 nitrogen and oxygen atoms in total. The molecule has 3 heteroatoms. The van der Waals surface area contributed by atoms with Crippen LogP contribution in [0.3, 0.4) is 0 Å². The lowest BCUT2D eigenvalue weighted by molar-refractivity contribution is 0.185. The predicted octanol–water partition coefficient (Wildman–Crippen LogP) is 4.58. The SMILES string of the molecule is CCCCC(O)CSC(C)CC(F)CCCC. The van der Waals surface area contributed by atoms with E-state index < -0.39 is 6.17 Å². The highest BCUT2D eigenvalue weighted by molar-refractivity contribution is 7.99. The molecule has 0 spiro atoms. The second-order valence-corrected chi connectivity index (χ2v) is 6.39.